The van der Waals surface area contributed by atoms with Crippen molar-refractivity contribution in [3.63, 3.8) is 0 Å². The van der Waals surface area contributed by atoms with Crippen molar-refractivity contribution in [2.75, 3.05) is 10.6 Å². The predicted octanol–water partition coefficient (Wildman–Crippen LogP) is 3.42. The SMILES string of the molecule is O=C1Nc2ccc(NC(=O)C3CCCCC3)cc2/C1=C/c1cnc[nH]1. The Bertz CT molecular complexity index is 833. The lowest BCUT2D eigenvalue weighted by molar-refractivity contribution is -0.120. The van der Waals surface area contributed by atoms with Crippen LogP contribution in [0.4, 0.5) is 11.4 Å². The van der Waals surface area contributed by atoms with Gasteiger partial charge in [-0.05, 0) is 37.1 Å². The summed E-state index contributed by atoms with van der Waals surface area (Å²) in [6.45, 7) is 0. The van der Waals surface area contributed by atoms with Crippen LogP contribution in [0.25, 0.3) is 11.6 Å². The molecule has 1 aliphatic carbocycles. The lowest BCUT2D eigenvalue weighted by Crippen LogP contribution is -2.24. The Labute approximate surface area is 145 Å². The van der Waals surface area contributed by atoms with Gasteiger partial charge in [0.2, 0.25) is 5.91 Å². The fourth-order valence-corrected chi connectivity index (χ4v) is 3.52. The first-order chi connectivity index (χ1) is 12.2. The molecule has 2 amide bonds. The Hall–Kier alpha value is -2.89. The first kappa shape index (κ1) is 15.6. The average molecular weight is 336 g/mol. The zero-order valence-corrected chi connectivity index (χ0v) is 13.8. The average Bonchev–Trinajstić information content (AvgIpc) is 3.25. The number of benzene rings is 1. The number of rotatable bonds is 3. The number of hydrogen-bond donors (Lipinski definition) is 3. The summed E-state index contributed by atoms with van der Waals surface area (Å²) in [6, 6.07) is 5.52. The number of nitrogens with zero attached hydrogens (tertiary/aromatic N) is 1. The number of carbonyl (C=O) groups excluding carboxylic acids is 2. The quantitative estimate of drug-likeness (QED) is 0.751. The van der Waals surface area contributed by atoms with Crippen molar-refractivity contribution < 1.29 is 9.59 Å². The van der Waals surface area contributed by atoms with Crippen molar-refractivity contribution >= 4 is 34.8 Å². The van der Waals surface area contributed by atoms with Gasteiger partial charge in [-0.25, -0.2) is 4.98 Å². The molecule has 0 bridgehead atoms. The molecule has 0 spiro atoms. The first-order valence-corrected chi connectivity index (χ1v) is 8.67. The molecule has 1 saturated carbocycles. The zero-order valence-electron chi connectivity index (χ0n) is 13.8. The van der Waals surface area contributed by atoms with Crippen LogP contribution >= 0.6 is 0 Å². The Balaban J connectivity index is 1.58. The summed E-state index contributed by atoms with van der Waals surface area (Å²) in [5.41, 5.74) is 3.59. The van der Waals surface area contributed by atoms with Crippen LogP contribution in [0.3, 0.4) is 0 Å². The second-order valence-electron chi connectivity index (χ2n) is 6.60. The Morgan fingerprint density at radius 1 is 1.24 bits per heavy atom. The van der Waals surface area contributed by atoms with Crippen molar-refractivity contribution in [1.29, 1.82) is 0 Å². The molecular formula is C19H20N4O2. The van der Waals surface area contributed by atoms with E-state index in [4.69, 9.17) is 0 Å². The normalized spacial score (nSPS) is 18.9. The number of aromatic amines is 1. The molecule has 2 aliphatic rings. The van der Waals surface area contributed by atoms with Crippen LogP contribution in [0.5, 0.6) is 0 Å². The molecule has 1 aliphatic heterocycles. The Morgan fingerprint density at radius 3 is 2.84 bits per heavy atom. The lowest BCUT2D eigenvalue weighted by Gasteiger charge is -2.20. The summed E-state index contributed by atoms with van der Waals surface area (Å²) in [6.07, 6.45) is 10.4. The van der Waals surface area contributed by atoms with Gasteiger partial charge in [0, 0.05) is 22.9 Å². The second-order valence-corrected chi connectivity index (χ2v) is 6.60. The van der Waals surface area contributed by atoms with E-state index in [1.807, 2.05) is 18.2 Å². The van der Waals surface area contributed by atoms with Gasteiger partial charge in [-0.3, -0.25) is 9.59 Å². The highest BCUT2D eigenvalue weighted by molar-refractivity contribution is 6.35. The summed E-state index contributed by atoms with van der Waals surface area (Å²) in [7, 11) is 0. The molecule has 1 aromatic heterocycles. The molecule has 4 rings (SSSR count). The maximum absolute atomic E-state index is 12.4. The van der Waals surface area contributed by atoms with Crippen molar-refractivity contribution in [1.82, 2.24) is 9.97 Å². The number of aromatic nitrogens is 2. The van der Waals surface area contributed by atoms with E-state index in [-0.39, 0.29) is 17.7 Å². The van der Waals surface area contributed by atoms with Gasteiger partial charge in [0.05, 0.1) is 23.8 Å². The molecule has 0 unspecified atom stereocenters. The highest BCUT2D eigenvalue weighted by atomic mass is 16.2. The van der Waals surface area contributed by atoms with Crippen molar-refractivity contribution in [2.45, 2.75) is 32.1 Å². The molecule has 0 radical (unpaired) electrons. The van der Waals surface area contributed by atoms with Crippen molar-refractivity contribution in [2.24, 2.45) is 5.92 Å². The van der Waals surface area contributed by atoms with Gasteiger partial charge in [-0.15, -0.1) is 0 Å². The smallest absolute Gasteiger partial charge is 0.256 e. The molecule has 2 heterocycles. The largest absolute Gasteiger partial charge is 0.345 e. The molecule has 1 fully saturated rings. The molecule has 2 aromatic rings. The van der Waals surface area contributed by atoms with Crippen LogP contribution in [0.1, 0.15) is 43.4 Å². The Kier molecular flexibility index (Phi) is 4.09. The number of fused-ring (bicyclic) bond motifs is 1. The minimum absolute atomic E-state index is 0.0797. The number of H-pyrrole nitrogens is 1. The molecule has 0 saturated heterocycles. The molecule has 6 heteroatoms. The molecule has 1 aromatic carbocycles. The van der Waals surface area contributed by atoms with Crippen LogP contribution in [0.2, 0.25) is 0 Å². The van der Waals surface area contributed by atoms with E-state index in [9.17, 15) is 9.59 Å². The van der Waals surface area contributed by atoms with Crippen molar-refractivity contribution in [3.05, 3.63) is 42.0 Å². The number of carbonyl (C=O) groups is 2. The number of anilines is 2. The summed E-state index contributed by atoms with van der Waals surface area (Å²) >= 11 is 0. The van der Waals surface area contributed by atoms with E-state index >= 15 is 0 Å². The molecular weight excluding hydrogens is 316 g/mol. The maximum atomic E-state index is 12.4. The fourth-order valence-electron chi connectivity index (χ4n) is 3.52. The third kappa shape index (κ3) is 3.20. The number of hydrogen-bond acceptors (Lipinski definition) is 3. The van der Waals surface area contributed by atoms with Crippen LogP contribution in [-0.2, 0) is 9.59 Å². The number of imidazole rings is 1. The standard InChI is InChI=1S/C19H20N4O2/c24-18(12-4-2-1-3-5-12)22-13-6-7-17-15(8-13)16(19(25)23-17)9-14-10-20-11-21-14/h6-12H,1-5H2,(H,20,21)(H,22,24)(H,23,25)/b16-9-. The third-order valence-corrected chi connectivity index (χ3v) is 4.87. The molecule has 3 N–H and O–H groups in total. The Morgan fingerprint density at radius 2 is 2.08 bits per heavy atom. The molecule has 25 heavy (non-hydrogen) atoms. The number of nitrogens with one attached hydrogen (secondary N) is 3. The van der Waals surface area contributed by atoms with Crippen LogP contribution in [0.15, 0.2) is 30.7 Å². The van der Waals surface area contributed by atoms with E-state index in [0.717, 1.165) is 48.3 Å². The highest BCUT2D eigenvalue weighted by Gasteiger charge is 2.26. The minimum atomic E-state index is -0.152. The van der Waals surface area contributed by atoms with Crippen molar-refractivity contribution in [3.8, 4) is 0 Å². The third-order valence-electron chi connectivity index (χ3n) is 4.87. The predicted molar refractivity (Wildman–Crippen MR) is 96.7 cm³/mol. The van der Waals surface area contributed by atoms with Gasteiger partial charge in [0.1, 0.15) is 0 Å². The fraction of sp³-hybridized carbons (Fsp3) is 0.316. The molecule has 6 nitrogen and oxygen atoms in total. The summed E-state index contributed by atoms with van der Waals surface area (Å²) < 4.78 is 0. The van der Waals surface area contributed by atoms with Gasteiger partial charge >= 0.3 is 0 Å². The summed E-state index contributed by atoms with van der Waals surface area (Å²) in [5, 5.41) is 5.86. The van der Waals surface area contributed by atoms with Crippen LogP contribution in [-0.4, -0.2) is 21.8 Å². The van der Waals surface area contributed by atoms with E-state index in [1.54, 1.807) is 18.6 Å². The van der Waals surface area contributed by atoms with Gasteiger partial charge in [0.25, 0.3) is 5.91 Å². The molecule has 128 valence electrons. The second kappa shape index (κ2) is 6.55. The van der Waals surface area contributed by atoms with Crippen LogP contribution < -0.4 is 10.6 Å². The van der Waals surface area contributed by atoms with Crippen LogP contribution in [0, 0.1) is 5.92 Å². The van der Waals surface area contributed by atoms with Gasteiger partial charge in [0.15, 0.2) is 0 Å². The zero-order chi connectivity index (χ0) is 17.2. The lowest BCUT2D eigenvalue weighted by atomic mass is 9.88. The molecule has 0 atom stereocenters. The van der Waals surface area contributed by atoms with E-state index < -0.39 is 0 Å². The number of amides is 2. The minimum Gasteiger partial charge on any atom is -0.345 e. The first-order valence-electron chi connectivity index (χ1n) is 8.67. The van der Waals surface area contributed by atoms with E-state index in [1.165, 1.54) is 6.42 Å². The van der Waals surface area contributed by atoms with E-state index in [2.05, 4.69) is 20.6 Å². The maximum Gasteiger partial charge on any atom is 0.256 e. The van der Waals surface area contributed by atoms with Gasteiger partial charge in [-0.1, -0.05) is 19.3 Å². The van der Waals surface area contributed by atoms with Gasteiger partial charge < -0.3 is 15.6 Å². The van der Waals surface area contributed by atoms with Gasteiger partial charge in [-0.2, -0.15) is 0 Å². The summed E-state index contributed by atoms with van der Waals surface area (Å²) in [5.74, 6) is 0.0261. The summed E-state index contributed by atoms with van der Waals surface area (Å²) in [4.78, 5) is 31.6. The topological polar surface area (TPSA) is 86.9 Å². The monoisotopic (exact) mass is 336 g/mol. The van der Waals surface area contributed by atoms with E-state index in [0.29, 0.717) is 5.57 Å². The highest BCUT2D eigenvalue weighted by Crippen LogP contribution is 2.35.